The quantitative estimate of drug-likeness (QED) is 0.276. The highest BCUT2D eigenvalue weighted by molar-refractivity contribution is 6.38. The molecule has 0 saturated heterocycles. The first-order valence-corrected chi connectivity index (χ1v) is 9.52. The van der Waals surface area contributed by atoms with Crippen molar-refractivity contribution in [1.29, 1.82) is 0 Å². The summed E-state index contributed by atoms with van der Waals surface area (Å²) in [6.45, 7) is 7.98. The Morgan fingerprint density at radius 3 is 2.44 bits per heavy atom. The van der Waals surface area contributed by atoms with Crippen LogP contribution in [0.15, 0.2) is 47.6 Å². The molecule has 0 spiro atoms. The van der Waals surface area contributed by atoms with Crippen molar-refractivity contribution in [2.24, 2.45) is 0 Å². The maximum Gasteiger partial charge on any atom is 0.330 e. The first-order valence-electron chi connectivity index (χ1n) is 8.76. The van der Waals surface area contributed by atoms with Crippen molar-refractivity contribution in [2.45, 2.75) is 34.1 Å². The third kappa shape index (κ3) is 7.28. The SMILES string of the molecule is CCOC(=O)C=C(C)C=CC=C(C)C=Cc1c(Cl)cc(OC)c(CC)c1Cl. The van der Waals surface area contributed by atoms with Crippen LogP contribution < -0.4 is 4.74 Å². The van der Waals surface area contributed by atoms with Crippen LogP contribution in [-0.2, 0) is 16.0 Å². The second-order valence-corrected chi connectivity index (χ2v) is 6.65. The zero-order chi connectivity index (χ0) is 20.4. The Hall–Kier alpha value is -1.97. The summed E-state index contributed by atoms with van der Waals surface area (Å²) in [6, 6.07) is 1.79. The van der Waals surface area contributed by atoms with Gasteiger partial charge in [0, 0.05) is 17.2 Å². The molecule has 0 heterocycles. The molecule has 1 rings (SSSR count). The zero-order valence-corrected chi connectivity index (χ0v) is 17.9. The summed E-state index contributed by atoms with van der Waals surface area (Å²) < 4.78 is 10.2. The van der Waals surface area contributed by atoms with Gasteiger partial charge in [-0.1, -0.05) is 66.1 Å². The Morgan fingerprint density at radius 2 is 1.85 bits per heavy atom. The Bertz CT molecular complexity index is 787. The molecule has 0 saturated carbocycles. The van der Waals surface area contributed by atoms with E-state index in [1.807, 2.05) is 51.2 Å². The molecule has 0 aliphatic carbocycles. The molecule has 0 bridgehead atoms. The number of allylic oxidation sites excluding steroid dienone is 6. The van der Waals surface area contributed by atoms with E-state index >= 15 is 0 Å². The molecule has 146 valence electrons. The fourth-order valence-corrected chi connectivity index (χ4v) is 3.06. The maximum atomic E-state index is 11.4. The molecule has 0 fully saturated rings. The lowest BCUT2D eigenvalue weighted by Crippen LogP contribution is -1.99. The molecule has 1 aromatic rings. The normalized spacial score (nSPS) is 12.9. The lowest BCUT2D eigenvalue weighted by Gasteiger charge is -2.12. The minimum absolute atomic E-state index is 0.337. The summed E-state index contributed by atoms with van der Waals surface area (Å²) in [6.07, 6.45) is 11.7. The van der Waals surface area contributed by atoms with Crippen molar-refractivity contribution < 1.29 is 14.3 Å². The van der Waals surface area contributed by atoms with Crippen molar-refractivity contribution in [3.63, 3.8) is 0 Å². The van der Waals surface area contributed by atoms with E-state index in [0.29, 0.717) is 22.4 Å². The van der Waals surface area contributed by atoms with Crippen LogP contribution in [0.1, 0.15) is 38.8 Å². The minimum atomic E-state index is -0.337. The predicted molar refractivity (Wildman–Crippen MR) is 115 cm³/mol. The largest absolute Gasteiger partial charge is 0.496 e. The van der Waals surface area contributed by atoms with Gasteiger partial charge in [-0.2, -0.15) is 0 Å². The number of carbonyl (C=O) groups excluding carboxylic acids is 1. The number of hydrogen-bond donors (Lipinski definition) is 0. The molecule has 27 heavy (non-hydrogen) atoms. The Labute approximate surface area is 172 Å². The molecule has 0 aliphatic rings. The van der Waals surface area contributed by atoms with Crippen LogP contribution in [-0.4, -0.2) is 19.7 Å². The molecule has 0 unspecified atom stereocenters. The van der Waals surface area contributed by atoms with Gasteiger partial charge in [0.15, 0.2) is 0 Å². The fourth-order valence-electron chi connectivity index (χ4n) is 2.36. The van der Waals surface area contributed by atoms with Crippen LogP contribution in [0, 0.1) is 0 Å². The fraction of sp³-hybridized carbons (Fsp3) is 0.318. The summed E-state index contributed by atoms with van der Waals surface area (Å²) in [4.78, 5) is 11.4. The van der Waals surface area contributed by atoms with E-state index < -0.39 is 0 Å². The van der Waals surface area contributed by atoms with Gasteiger partial charge in [0.25, 0.3) is 0 Å². The molecule has 0 N–H and O–H groups in total. The summed E-state index contributed by atoms with van der Waals surface area (Å²) in [5, 5.41) is 1.15. The van der Waals surface area contributed by atoms with Crippen molar-refractivity contribution in [3.8, 4) is 5.75 Å². The first-order chi connectivity index (χ1) is 12.8. The predicted octanol–water partition coefficient (Wildman–Crippen LogP) is 6.59. The number of rotatable bonds is 8. The van der Waals surface area contributed by atoms with Crippen LogP contribution in [0.4, 0.5) is 0 Å². The molecule has 0 aromatic heterocycles. The topological polar surface area (TPSA) is 35.5 Å². The van der Waals surface area contributed by atoms with Crippen LogP contribution in [0.3, 0.4) is 0 Å². The second kappa shape index (κ2) is 11.7. The van der Waals surface area contributed by atoms with Gasteiger partial charge >= 0.3 is 5.97 Å². The van der Waals surface area contributed by atoms with Crippen molar-refractivity contribution >= 4 is 35.2 Å². The van der Waals surface area contributed by atoms with Crippen molar-refractivity contribution in [2.75, 3.05) is 13.7 Å². The number of ether oxygens (including phenoxy) is 2. The minimum Gasteiger partial charge on any atom is -0.496 e. The van der Waals surface area contributed by atoms with E-state index in [-0.39, 0.29) is 5.97 Å². The average molecular weight is 409 g/mol. The number of carbonyl (C=O) groups is 1. The summed E-state index contributed by atoms with van der Waals surface area (Å²) in [7, 11) is 1.61. The van der Waals surface area contributed by atoms with Gasteiger partial charge in [-0.25, -0.2) is 4.79 Å². The monoisotopic (exact) mass is 408 g/mol. The van der Waals surface area contributed by atoms with Gasteiger partial charge in [-0.3, -0.25) is 0 Å². The lowest BCUT2D eigenvalue weighted by molar-refractivity contribution is -0.137. The highest BCUT2D eigenvalue weighted by atomic mass is 35.5. The summed E-state index contributed by atoms with van der Waals surface area (Å²) in [5.74, 6) is 0.361. The number of hydrogen-bond acceptors (Lipinski definition) is 3. The number of esters is 1. The third-order valence-corrected chi connectivity index (χ3v) is 4.50. The highest BCUT2D eigenvalue weighted by Gasteiger charge is 2.13. The van der Waals surface area contributed by atoms with E-state index in [4.69, 9.17) is 32.7 Å². The van der Waals surface area contributed by atoms with Crippen molar-refractivity contribution in [1.82, 2.24) is 0 Å². The van der Waals surface area contributed by atoms with Crippen LogP contribution in [0.25, 0.3) is 6.08 Å². The molecule has 0 amide bonds. The average Bonchev–Trinajstić information content (AvgIpc) is 2.61. The van der Waals surface area contributed by atoms with E-state index in [9.17, 15) is 4.79 Å². The van der Waals surface area contributed by atoms with E-state index in [0.717, 1.165) is 28.7 Å². The van der Waals surface area contributed by atoms with Gasteiger partial charge in [0.2, 0.25) is 0 Å². The first kappa shape index (κ1) is 23.1. The molecular weight excluding hydrogens is 383 g/mol. The zero-order valence-electron chi connectivity index (χ0n) is 16.4. The Balaban J connectivity index is 2.95. The lowest BCUT2D eigenvalue weighted by atomic mass is 10.1. The Kier molecular flexibility index (Phi) is 9.98. The number of benzene rings is 1. The van der Waals surface area contributed by atoms with Crippen LogP contribution >= 0.6 is 23.2 Å². The Morgan fingerprint density at radius 1 is 1.15 bits per heavy atom. The van der Waals surface area contributed by atoms with Gasteiger partial charge in [0.05, 0.1) is 23.8 Å². The molecule has 0 aliphatic heterocycles. The third-order valence-electron chi connectivity index (χ3n) is 3.75. The molecule has 1 aromatic carbocycles. The summed E-state index contributed by atoms with van der Waals surface area (Å²) >= 11 is 12.8. The number of halogens is 2. The smallest absolute Gasteiger partial charge is 0.330 e. The van der Waals surface area contributed by atoms with Crippen LogP contribution in [0.5, 0.6) is 5.75 Å². The highest BCUT2D eigenvalue weighted by Crippen LogP contribution is 2.36. The number of methoxy groups -OCH3 is 1. The van der Waals surface area contributed by atoms with E-state index in [1.54, 1.807) is 20.1 Å². The molecular formula is C22H26Cl2O3. The van der Waals surface area contributed by atoms with E-state index in [2.05, 4.69) is 0 Å². The standard InChI is InChI=1S/C22H26Cl2O3/c1-6-17-20(26-5)14-19(23)18(22(17)24)12-11-15(3)9-8-10-16(4)13-21(25)27-7-2/h8-14H,6-7H2,1-5H3. The van der Waals surface area contributed by atoms with Gasteiger partial charge in [-0.15, -0.1) is 0 Å². The molecule has 0 radical (unpaired) electrons. The van der Waals surface area contributed by atoms with Gasteiger partial charge in [-0.05, 0) is 38.8 Å². The summed E-state index contributed by atoms with van der Waals surface area (Å²) in [5.41, 5.74) is 3.53. The van der Waals surface area contributed by atoms with Crippen molar-refractivity contribution in [3.05, 3.63) is 68.8 Å². The van der Waals surface area contributed by atoms with Gasteiger partial charge < -0.3 is 9.47 Å². The molecule has 0 atom stereocenters. The maximum absolute atomic E-state index is 11.4. The van der Waals surface area contributed by atoms with Crippen LogP contribution in [0.2, 0.25) is 10.0 Å². The van der Waals surface area contributed by atoms with Gasteiger partial charge in [0.1, 0.15) is 5.75 Å². The van der Waals surface area contributed by atoms with E-state index in [1.165, 1.54) is 6.08 Å². The molecule has 5 heteroatoms. The second-order valence-electron chi connectivity index (χ2n) is 5.86. The molecule has 3 nitrogen and oxygen atoms in total.